The molecular formula is C16H21BrO4. The molecule has 3 saturated carbocycles. The molecule has 6 atom stereocenters. The van der Waals surface area contributed by atoms with Gasteiger partial charge in [0.1, 0.15) is 5.60 Å². The first-order valence-corrected chi connectivity index (χ1v) is 9.11. The predicted molar refractivity (Wildman–Crippen MR) is 78.7 cm³/mol. The number of halogens is 1. The Balaban J connectivity index is 1.92. The highest BCUT2D eigenvalue weighted by Gasteiger charge is 2.77. The summed E-state index contributed by atoms with van der Waals surface area (Å²) in [6.07, 6.45) is 6.27. The van der Waals surface area contributed by atoms with Crippen LogP contribution in [0.4, 0.5) is 0 Å². The van der Waals surface area contributed by atoms with E-state index in [0.29, 0.717) is 11.2 Å². The molecular weight excluding hydrogens is 336 g/mol. The monoisotopic (exact) mass is 356 g/mol. The van der Waals surface area contributed by atoms with Crippen LogP contribution in [0, 0.1) is 29.1 Å². The van der Waals surface area contributed by atoms with Crippen LogP contribution in [0.2, 0.25) is 0 Å². The van der Waals surface area contributed by atoms with Gasteiger partial charge in [-0.3, -0.25) is 9.59 Å². The first-order valence-electron chi connectivity index (χ1n) is 7.99. The molecule has 5 aliphatic rings. The van der Waals surface area contributed by atoms with E-state index in [1.807, 2.05) is 0 Å². The molecule has 0 aromatic rings. The molecule has 0 amide bonds. The van der Waals surface area contributed by atoms with Gasteiger partial charge in [0.25, 0.3) is 0 Å². The van der Waals surface area contributed by atoms with Gasteiger partial charge in [-0.2, -0.15) is 0 Å². The second-order valence-corrected chi connectivity index (χ2v) is 7.72. The fourth-order valence-electron chi connectivity index (χ4n) is 6.17. The zero-order chi connectivity index (χ0) is 14.8. The number of hydrogen-bond donors (Lipinski definition) is 0. The number of alkyl halides is 1. The smallest absolute Gasteiger partial charge is 0.314 e. The van der Waals surface area contributed by atoms with Gasteiger partial charge >= 0.3 is 11.9 Å². The first kappa shape index (κ1) is 14.0. The number of ether oxygens (including phenoxy) is 2. The maximum absolute atomic E-state index is 12.9. The van der Waals surface area contributed by atoms with Gasteiger partial charge in [-0.1, -0.05) is 22.4 Å². The Morgan fingerprint density at radius 2 is 2.00 bits per heavy atom. The lowest BCUT2D eigenvalue weighted by Crippen LogP contribution is -2.72. The average molecular weight is 357 g/mol. The molecule has 116 valence electrons. The van der Waals surface area contributed by atoms with Crippen molar-refractivity contribution in [1.82, 2.24) is 0 Å². The van der Waals surface area contributed by atoms with E-state index in [2.05, 4.69) is 15.9 Å². The van der Waals surface area contributed by atoms with Crippen LogP contribution in [-0.4, -0.2) is 30.0 Å². The molecule has 0 N–H and O–H groups in total. The topological polar surface area (TPSA) is 52.6 Å². The summed E-state index contributed by atoms with van der Waals surface area (Å²) in [5.74, 6) is 0.172. The molecule has 2 bridgehead atoms. The minimum absolute atomic E-state index is 0.152. The number of fused-ring (bicyclic) bond motifs is 1. The minimum Gasteiger partial charge on any atom is -0.469 e. The van der Waals surface area contributed by atoms with Gasteiger partial charge in [-0.25, -0.2) is 0 Å². The van der Waals surface area contributed by atoms with Crippen molar-refractivity contribution in [3.8, 4) is 0 Å². The molecule has 2 saturated heterocycles. The third kappa shape index (κ3) is 1.42. The Kier molecular flexibility index (Phi) is 2.98. The Morgan fingerprint density at radius 3 is 2.71 bits per heavy atom. The lowest BCUT2D eigenvalue weighted by atomic mass is 9.47. The third-order valence-electron chi connectivity index (χ3n) is 6.81. The quantitative estimate of drug-likeness (QED) is 0.563. The van der Waals surface area contributed by atoms with Crippen LogP contribution in [0.25, 0.3) is 0 Å². The standard InChI is InChI=1S/C16H21BrO4/c1-20-13(18)12-11-6-3-7-16(11)10-5-2-4-9(10)15(12,8-17)14(19)21-16/h9-12H,2-8H2,1H3/t9-,10+,11-,12-,15-,16+/m1/s1. The summed E-state index contributed by atoms with van der Waals surface area (Å²) < 4.78 is 11.2. The lowest BCUT2D eigenvalue weighted by Gasteiger charge is -2.62. The van der Waals surface area contributed by atoms with Gasteiger partial charge < -0.3 is 9.47 Å². The lowest BCUT2D eigenvalue weighted by molar-refractivity contribution is -0.260. The van der Waals surface area contributed by atoms with Crippen LogP contribution in [0.1, 0.15) is 38.5 Å². The number of rotatable bonds is 2. The average Bonchev–Trinajstić information content (AvgIpc) is 3.12. The molecule has 1 spiro atoms. The van der Waals surface area contributed by atoms with Crippen LogP contribution < -0.4 is 0 Å². The fourth-order valence-corrected chi connectivity index (χ4v) is 7.17. The van der Waals surface area contributed by atoms with E-state index in [1.54, 1.807) is 0 Å². The summed E-state index contributed by atoms with van der Waals surface area (Å²) in [5.41, 5.74) is -1.08. The second-order valence-electron chi connectivity index (χ2n) is 7.16. The van der Waals surface area contributed by atoms with Crippen molar-refractivity contribution in [3.05, 3.63) is 0 Å². The van der Waals surface area contributed by atoms with Crippen molar-refractivity contribution in [1.29, 1.82) is 0 Å². The van der Waals surface area contributed by atoms with E-state index in [1.165, 1.54) is 7.11 Å². The molecule has 5 heteroatoms. The molecule has 2 heterocycles. The third-order valence-corrected chi connectivity index (χ3v) is 7.74. The summed E-state index contributed by atoms with van der Waals surface area (Å²) in [5, 5.41) is 0.506. The highest BCUT2D eigenvalue weighted by atomic mass is 79.9. The maximum atomic E-state index is 12.9. The van der Waals surface area contributed by atoms with Gasteiger partial charge in [0.2, 0.25) is 0 Å². The van der Waals surface area contributed by atoms with Crippen molar-refractivity contribution in [2.75, 3.05) is 12.4 Å². The Hall–Kier alpha value is -0.580. The van der Waals surface area contributed by atoms with E-state index in [4.69, 9.17) is 9.47 Å². The number of carbonyl (C=O) groups is 2. The minimum atomic E-state index is -0.703. The fraction of sp³-hybridized carbons (Fsp3) is 0.875. The van der Waals surface area contributed by atoms with E-state index < -0.39 is 5.41 Å². The van der Waals surface area contributed by atoms with Gasteiger partial charge in [0, 0.05) is 17.2 Å². The first-order chi connectivity index (χ1) is 10.1. The summed E-state index contributed by atoms with van der Waals surface area (Å²) in [6, 6.07) is 0. The SMILES string of the molecule is COC(=O)[C@H]1[C@H]2CCC[C@@]23OC(=O)[C@]1(CBr)[C@@H]1CCC[C@@H]13. The zero-order valence-corrected chi connectivity index (χ0v) is 13.9. The van der Waals surface area contributed by atoms with Crippen molar-refractivity contribution in [2.24, 2.45) is 29.1 Å². The summed E-state index contributed by atoms with van der Waals surface area (Å²) in [7, 11) is 1.44. The molecule has 5 rings (SSSR count). The molecule has 4 nitrogen and oxygen atoms in total. The second kappa shape index (κ2) is 4.46. The van der Waals surface area contributed by atoms with Crippen LogP contribution in [0.3, 0.4) is 0 Å². The van der Waals surface area contributed by atoms with Crippen LogP contribution in [0.5, 0.6) is 0 Å². The number of carbonyl (C=O) groups excluding carboxylic acids is 2. The number of methoxy groups -OCH3 is 1. The van der Waals surface area contributed by atoms with E-state index in [-0.39, 0.29) is 35.3 Å². The predicted octanol–water partition coefficient (Wildman–Crippen LogP) is 2.68. The van der Waals surface area contributed by atoms with Gasteiger partial charge in [0.05, 0.1) is 18.4 Å². The number of hydrogen-bond acceptors (Lipinski definition) is 4. The van der Waals surface area contributed by atoms with Crippen molar-refractivity contribution >= 4 is 27.9 Å². The zero-order valence-electron chi connectivity index (χ0n) is 12.3. The molecule has 0 radical (unpaired) electrons. The van der Waals surface area contributed by atoms with E-state index >= 15 is 0 Å². The molecule has 5 fully saturated rings. The molecule has 2 aliphatic heterocycles. The largest absolute Gasteiger partial charge is 0.469 e. The molecule has 0 aromatic carbocycles. The molecule has 21 heavy (non-hydrogen) atoms. The highest BCUT2D eigenvalue weighted by Crippen LogP contribution is 2.70. The van der Waals surface area contributed by atoms with E-state index in [9.17, 15) is 9.59 Å². The molecule has 0 unspecified atom stereocenters. The Labute approximate surface area is 133 Å². The van der Waals surface area contributed by atoms with Gasteiger partial charge in [-0.15, -0.1) is 0 Å². The van der Waals surface area contributed by atoms with Crippen LogP contribution in [-0.2, 0) is 19.1 Å². The number of esters is 2. The van der Waals surface area contributed by atoms with Crippen molar-refractivity contribution in [3.63, 3.8) is 0 Å². The Morgan fingerprint density at radius 1 is 1.29 bits per heavy atom. The molecule has 3 aliphatic carbocycles. The summed E-state index contributed by atoms with van der Waals surface area (Å²) in [4.78, 5) is 25.4. The van der Waals surface area contributed by atoms with E-state index in [0.717, 1.165) is 38.5 Å². The molecule has 0 aromatic heterocycles. The summed E-state index contributed by atoms with van der Waals surface area (Å²) in [6.45, 7) is 0. The van der Waals surface area contributed by atoms with Gasteiger partial charge in [0.15, 0.2) is 0 Å². The Bertz CT molecular complexity index is 507. The highest BCUT2D eigenvalue weighted by molar-refractivity contribution is 9.09. The van der Waals surface area contributed by atoms with Gasteiger partial charge in [-0.05, 0) is 38.0 Å². The van der Waals surface area contributed by atoms with Crippen LogP contribution in [0.15, 0.2) is 0 Å². The van der Waals surface area contributed by atoms with Crippen molar-refractivity contribution < 1.29 is 19.1 Å². The normalized spacial score (nSPS) is 50.5. The van der Waals surface area contributed by atoms with Crippen molar-refractivity contribution in [2.45, 2.75) is 44.1 Å². The van der Waals surface area contributed by atoms with Crippen LogP contribution >= 0.6 is 15.9 Å². The summed E-state index contributed by atoms with van der Waals surface area (Å²) >= 11 is 3.55. The maximum Gasteiger partial charge on any atom is 0.314 e.